The molecule has 0 aromatic carbocycles. The molecule has 100 valence electrons. The first kappa shape index (κ1) is 14.8. The Labute approximate surface area is 111 Å². The van der Waals surface area contributed by atoms with Crippen LogP contribution in [-0.2, 0) is 4.79 Å². The summed E-state index contributed by atoms with van der Waals surface area (Å²) in [6.45, 7) is 7.45. The molecule has 0 aromatic heterocycles. The molecular formula is C13H25ClN2O. The predicted molar refractivity (Wildman–Crippen MR) is 72.4 cm³/mol. The van der Waals surface area contributed by atoms with Gasteiger partial charge >= 0.3 is 0 Å². The fourth-order valence-electron chi connectivity index (χ4n) is 2.90. The fourth-order valence-corrected chi connectivity index (χ4v) is 2.90. The van der Waals surface area contributed by atoms with Gasteiger partial charge < -0.3 is 10.2 Å². The van der Waals surface area contributed by atoms with Gasteiger partial charge in [0.2, 0.25) is 5.91 Å². The maximum absolute atomic E-state index is 12.4. The summed E-state index contributed by atoms with van der Waals surface area (Å²) in [6.07, 6.45) is 4.50. The first-order valence-corrected chi connectivity index (χ1v) is 6.69. The average molecular weight is 261 g/mol. The highest BCUT2D eigenvalue weighted by Gasteiger charge is 2.31. The molecule has 17 heavy (non-hydrogen) atoms. The van der Waals surface area contributed by atoms with E-state index in [1.165, 1.54) is 12.8 Å². The topological polar surface area (TPSA) is 32.3 Å². The third-order valence-corrected chi connectivity index (χ3v) is 4.09. The lowest BCUT2D eigenvalue weighted by molar-refractivity contribution is -0.140. The van der Waals surface area contributed by atoms with Crippen LogP contribution in [0.2, 0.25) is 0 Å². The van der Waals surface area contributed by atoms with E-state index in [1.807, 2.05) is 0 Å². The molecule has 1 amide bonds. The standard InChI is InChI=1S/C13H24N2O.ClH/c1-10-3-4-11(2)15(9-10)13(16)12-5-7-14-8-6-12;/h10-12,14H,3-9H2,1-2H3;1H. The highest BCUT2D eigenvalue weighted by molar-refractivity contribution is 5.85. The molecule has 0 saturated carbocycles. The van der Waals surface area contributed by atoms with Crippen molar-refractivity contribution in [2.75, 3.05) is 19.6 Å². The molecule has 2 saturated heterocycles. The van der Waals surface area contributed by atoms with Gasteiger partial charge in [-0.1, -0.05) is 6.92 Å². The van der Waals surface area contributed by atoms with Crippen LogP contribution in [-0.4, -0.2) is 36.5 Å². The van der Waals surface area contributed by atoms with Gasteiger partial charge in [0.25, 0.3) is 0 Å². The van der Waals surface area contributed by atoms with Crippen LogP contribution >= 0.6 is 12.4 Å². The molecule has 1 N–H and O–H groups in total. The molecule has 2 unspecified atom stereocenters. The molecule has 2 atom stereocenters. The van der Waals surface area contributed by atoms with E-state index in [4.69, 9.17) is 0 Å². The highest BCUT2D eigenvalue weighted by atomic mass is 35.5. The summed E-state index contributed by atoms with van der Waals surface area (Å²) in [7, 11) is 0. The van der Waals surface area contributed by atoms with Crippen molar-refractivity contribution in [2.45, 2.75) is 45.6 Å². The second kappa shape index (κ2) is 6.60. The lowest BCUT2D eigenvalue weighted by Crippen LogP contribution is -2.49. The summed E-state index contributed by atoms with van der Waals surface area (Å²) in [5, 5.41) is 3.32. The number of amides is 1. The van der Waals surface area contributed by atoms with Gasteiger partial charge in [0.15, 0.2) is 0 Å². The highest BCUT2D eigenvalue weighted by Crippen LogP contribution is 2.25. The van der Waals surface area contributed by atoms with Gasteiger partial charge in [0.05, 0.1) is 0 Å². The summed E-state index contributed by atoms with van der Waals surface area (Å²) in [6, 6.07) is 0.457. The number of nitrogens with one attached hydrogen (secondary N) is 1. The summed E-state index contributed by atoms with van der Waals surface area (Å²) in [5.74, 6) is 1.39. The van der Waals surface area contributed by atoms with Crippen LogP contribution in [0, 0.1) is 11.8 Å². The molecule has 2 fully saturated rings. The van der Waals surface area contributed by atoms with Crippen LogP contribution in [0.4, 0.5) is 0 Å². The largest absolute Gasteiger partial charge is 0.339 e. The van der Waals surface area contributed by atoms with E-state index in [2.05, 4.69) is 24.1 Å². The van der Waals surface area contributed by atoms with Gasteiger partial charge in [0, 0.05) is 18.5 Å². The van der Waals surface area contributed by atoms with Crippen molar-refractivity contribution in [3.05, 3.63) is 0 Å². The molecule has 3 nitrogen and oxygen atoms in total. The van der Waals surface area contributed by atoms with Gasteiger partial charge in [-0.3, -0.25) is 4.79 Å². The van der Waals surface area contributed by atoms with Crippen LogP contribution in [0.15, 0.2) is 0 Å². The van der Waals surface area contributed by atoms with Crippen molar-refractivity contribution in [3.63, 3.8) is 0 Å². The Bertz CT molecular complexity index is 254. The number of nitrogens with zero attached hydrogens (tertiary/aromatic N) is 1. The third-order valence-electron chi connectivity index (χ3n) is 4.09. The van der Waals surface area contributed by atoms with E-state index in [9.17, 15) is 4.79 Å². The third kappa shape index (κ3) is 3.59. The number of rotatable bonds is 1. The summed E-state index contributed by atoms with van der Waals surface area (Å²) < 4.78 is 0. The maximum Gasteiger partial charge on any atom is 0.226 e. The van der Waals surface area contributed by atoms with Crippen molar-refractivity contribution < 1.29 is 4.79 Å². The van der Waals surface area contributed by atoms with Crippen LogP contribution in [0.3, 0.4) is 0 Å². The number of hydrogen-bond acceptors (Lipinski definition) is 2. The molecule has 2 aliphatic rings. The van der Waals surface area contributed by atoms with Gasteiger partial charge in [-0.05, 0) is 51.6 Å². The minimum absolute atomic E-state index is 0. The van der Waals surface area contributed by atoms with E-state index < -0.39 is 0 Å². The van der Waals surface area contributed by atoms with Crippen molar-refractivity contribution in [1.82, 2.24) is 10.2 Å². The van der Waals surface area contributed by atoms with E-state index in [0.29, 0.717) is 17.9 Å². The van der Waals surface area contributed by atoms with Crippen molar-refractivity contribution in [2.24, 2.45) is 11.8 Å². The van der Waals surface area contributed by atoms with Crippen LogP contribution in [0.5, 0.6) is 0 Å². The zero-order valence-corrected chi connectivity index (χ0v) is 11.8. The van der Waals surface area contributed by atoms with Crippen molar-refractivity contribution in [1.29, 1.82) is 0 Å². The molecule has 0 radical (unpaired) electrons. The summed E-state index contributed by atoms with van der Waals surface area (Å²) in [4.78, 5) is 14.6. The van der Waals surface area contributed by atoms with Gasteiger partial charge in [0.1, 0.15) is 0 Å². The molecule has 2 heterocycles. The average Bonchev–Trinajstić information content (AvgIpc) is 2.32. The molecule has 4 heteroatoms. The van der Waals surface area contributed by atoms with E-state index in [-0.39, 0.29) is 18.3 Å². The van der Waals surface area contributed by atoms with Gasteiger partial charge in [-0.15, -0.1) is 12.4 Å². The van der Waals surface area contributed by atoms with Crippen LogP contribution < -0.4 is 5.32 Å². The first-order chi connectivity index (χ1) is 7.68. The van der Waals surface area contributed by atoms with Crippen molar-refractivity contribution in [3.8, 4) is 0 Å². The van der Waals surface area contributed by atoms with Crippen LogP contribution in [0.25, 0.3) is 0 Å². The maximum atomic E-state index is 12.4. The molecule has 0 spiro atoms. The minimum atomic E-state index is 0. The summed E-state index contributed by atoms with van der Waals surface area (Å²) >= 11 is 0. The minimum Gasteiger partial charge on any atom is -0.339 e. The zero-order valence-electron chi connectivity index (χ0n) is 10.9. The lowest BCUT2D eigenvalue weighted by Gasteiger charge is -2.39. The zero-order chi connectivity index (χ0) is 11.5. The molecule has 2 rings (SSSR count). The number of carbonyl (C=O) groups excluding carboxylic acids is 1. The van der Waals surface area contributed by atoms with E-state index in [0.717, 1.165) is 32.5 Å². The monoisotopic (exact) mass is 260 g/mol. The quantitative estimate of drug-likeness (QED) is 0.783. The molecular weight excluding hydrogens is 236 g/mol. The number of halogens is 1. The normalized spacial score (nSPS) is 30.8. The number of carbonyl (C=O) groups is 1. The lowest BCUT2D eigenvalue weighted by atomic mass is 9.91. The molecule has 0 aliphatic carbocycles. The molecule has 0 aromatic rings. The smallest absolute Gasteiger partial charge is 0.226 e. The van der Waals surface area contributed by atoms with Crippen LogP contribution in [0.1, 0.15) is 39.5 Å². The Hall–Kier alpha value is -0.280. The number of piperidine rings is 2. The van der Waals surface area contributed by atoms with Crippen molar-refractivity contribution >= 4 is 18.3 Å². The Morgan fingerprint density at radius 2 is 1.76 bits per heavy atom. The second-order valence-electron chi connectivity index (χ2n) is 5.55. The first-order valence-electron chi connectivity index (χ1n) is 6.69. The van der Waals surface area contributed by atoms with E-state index >= 15 is 0 Å². The predicted octanol–water partition coefficient (Wildman–Crippen LogP) is 2.05. The second-order valence-corrected chi connectivity index (χ2v) is 5.55. The number of likely N-dealkylation sites (tertiary alicyclic amines) is 1. The van der Waals surface area contributed by atoms with Gasteiger partial charge in [-0.2, -0.15) is 0 Å². The van der Waals surface area contributed by atoms with E-state index in [1.54, 1.807) is 0 Å². The Balaban J connectivity index is 0.00000144. The molecule has 2 aliphatic heterocycles. The Morgan fingerprint density at radius 1 is 1.12 bits per heavy atom. The van der Waals surface area contributed by atoms with Gasteiger partial charge in [-0.25, -0.2) is 0 Å². The Kier molecular flexibility index (Phi) is 5.74. The SMILES string of the molecule is CC1CCC(C)N(C(=O)C2CCNCC2)C1.Cl. The summed E-state index contributed by atoms with van der Waals surface area (Å²) in [5.41, 5.74) is 0. The molecule has 0 bridgehead atoms. The Morgan fingerprint density at radius 3 is 2.41 bits per heavy atom. The number of hydrogen-bond donors (Lipinski definition) is 1. The fraction of sp³-hybridized carbons (Fsp3) is 0.923.